The van der Waals surface area contributed by atoms with Crippen LogP contribution in [0.2, 0.25) is 0 Å². The van der Waals surface area contributed by atoms with E-state index in [0.29, 0.717) is 17.4 Å². The molecular formula is C29H44O5. The predicted octanol–water partition coefficient (Wildman–Crippen LogP) is 5.86. The van der Waals surface area contributed by atoms with E-state index in [2.05, 4.69) is 20.4 Å². The molecule has 0 bridgehead atoms. The number of hydrogen-bond donors (Lipinski definition) is 0. The summed E-state index contributed by atoms with van der Waals surface area (Å²) in [4.78, 5) is 24.5. The van der Waals surface area contributed by atoms with Gasteiger partial charge >= 0.3 is 5.97 Å². The van der Waals surface area contributed by atoms with Crippen LogP contribution in [0.15, 0.2) is 12.7 Å². The molecule has 9 atom stereocenters. The minimum absolute atomic E-state index is 0.0218. The van der Waals surface area contributed by atoms with Crippen LogP contribution in [0.4, 0.5) is 0 Å². The average molecular weight is 473 g/mol. The smallest absolute Gasteiger partial charge is 0.330 e. The van der Waals surface area contributed by atoms with Crippen molar-refractivity contribution in [3.8, 4) is 0 Å². The van der Waals surface area contributed by atoms with Gasteiger partial charge < -0.3 is 14.2 Å². The number of ketones is 1. The molecule has 190 valence electrons. The Bertz CT molecular complexity index is 787. The summed E-state index contributed by atoms with van der Waals surface area (Å²) in [6, 6.07) is 0. The highest BCUT2D eigenvalue weighted by molar-refractivity contribution is 5.88. The van der Waals surface area contributed by atoms with E-state index in [1.54, 1.807) is 0 Å². The maximum absolute atomic E-state index is 13.0. The normalized spacial score (nSPS) is 46.0. The molecule has 0 aromatic heterocycles. The van der Waals surface area contributed by atoms with Crippen LogP contribution in [-0.2, 0) is 23.8 Å². The molecule has 0 amide bonds. The van der Waals surface area contributed by atoms with Crippen LogP contribution in [0.3, 0.4) is 0 Å². The third-order valence-electron chi connectivity index (χ3n) is 11.0. The molecular weight excluding hydrogens is 428 g/mol. The summed E-state index contributed by atoms with van der Waals surface area (Å²) in [5.74, 6) is 2.51. The summed E-state index contributed by atoms with van der Waals surface area (Å²) in [5.41, 5.74) is 0.458. The lowest BCUT2D eigenvalue weighted by Crippen LogP contribution is -2.54. The van der Waals surface area contributed by atoms with Crippen molar-refractivity contribution in [3.05, 3.63) is 12.7 Å². The van der Waals surface area contributed by atoms with Crippen LogP contribution in [-0.4, -0.2) is 37.4 Å². The molecule has 9 unspecified atom stereocenters. The van der Waals surface area contributed by atoms with E-state index in [9.17, 15) is 9.59 Å². The third-order valence-corrected chi connectivity index (χ3v) is 11.0. The van der Waals surface area contributed by atoms with Gasteiger partial charge in [-0.25, -0.2) is 4.79 Å². The topological polar surface area (TPSA) is 61.8 Å². The van der Waals surface area contributed by atoms with E-state index in [1.165, 1.54) is 44.9 Å². The molecule has 5 aliphatic rings. The third kappa shape index (κ3) is 4.30. The highest BCUT2D eigenvalue weighted by Gasteiger charge is 2.61. The Hall–Kier alpha value is -1.20. The van der Waals surface area contributed by atoms with Crippen LogP contribution in [0, 0.1) is 40.4 Å². The van der Waals surface area contributed by atoms with Crippen molar-refractivity contribution in [2.75, 3.05) is 13.2 Å². The molecule has 4 saturated carbocycles. The lowest BCUT2D eigenvalue weighted by Gasteiger charge is -2.61. The van der Waals surface area contributed by atoms with Gasteiger partial charge in [0.25, 0.3) is 0 Å². The number of esters is 1. The summed E-state index contributed by atoms with van der Waals surface area (Å²) >= 11 is 0. The second-order valence-electron chi connectivity index (χ2n) is 12.4. The Morgan fingerprint density at radius 3 is 2.53 bits per heavy atom. The van der Waals surface area contributed by atoms with E-state index in [4.69, 9.17) is 14.2 Å². The van der Waals surface area contributed by atoms with Crippen molar-refractivity contribution in [3.63, 3.8) is 0 Å². The molecule has 0 N–H and O–H groups in total. The summed E-state index contributed by atoms with van der Waals surface area (Å²) < 4.78 is 17.4. The van der Waals surface area contributed by atoms with Gasteiger partial charge in [0.2, 0.25) is 0 Å². The zero-order valence-electron chi connectivity index (χ0n) is 21.3. The van der Waals surface area contributed by atoms with Gasteiger partial charge in [-0.05, 0) is 112 Å². The van der Waals surface area contributed by atoms with Crippen LogP contribution in [0.25, 0.3) is 0 Å². The second kappa shape index (κ2) is 9.69. The van der Waals surface area contributed by atoms with E-state index in [1.807, 2.05) is 0 Å². The molecule has 34 heavy (non-hydrogen) atoms. The maximum Gasteiger partial charge on any atom is 0.330 e. The highest BCUT2D eigenvalue weighted by Crippen LogP contribution is 2.67. The quantitative estimate of drug-likeness (QED) is 0.275. The fourth-order valence-electron chi connectivity index (χ4n) is 9.21. The molecule has 4 aliphatic carbocycles. The SMILES string of the molecule is C=CC(=O)OCC(=O)C1CCC2C3CCC4CC(OC5CCCCO5)CCC4(C)C3CCC12C. The first-order valence-corrected chi connectivity index (χ1v) is 13.9. The van der Waals surface area contributed by atoms with E-state index in [0.717, 1.165) is 62.5 Å². The Kier molecular flexibility index (Phi) is 6.98. The summed E-state index contributed by atoms with van der Waals surface area (Å²) in [6.07, 6.45) is 15.6. The van der Waals surface area contributed by atoms with Crippen molar-refractivity contribution in [1.29, 1.82) is 0 Å². The molecule has 1 aliphatic heterocycles. The van der Waals surface area contributed by atoms with Crippen molar-refractivity contribution < 1.29 is 23.8 Å². The van der Waals surface area contributed by atoms with Crippen molar-refractivity contribution in [2.45, 2.75) is 103 Å². The van der Waals surface area contributed by atoms with Gasteiger partial charge in [0.15, 0.2) is 18.7 Å². The van der Waals surface area contributed by atoms with Gasteiger partial charge in [0.05, 0.1) is 6.10 Å². The molecule has 5 nitrogen and oxygen atoms in total. The van der Waals surface area contributed by atoms with Gasteiger partial charge in [-0.1, -0.05) is 20.4 Å². The number of ether oxygens (including phenoxy) is 3. The van der Waals surface area contributed by atoms with Crippen molar-refractivity contribution in [2.24, 2.45) is 40.4 Å². The molecule has 1 heterocycles. The van der Waals surface area contributed by atoms with E-state index >= 15 is 0 Å². The van der Waals surface area contributed by atoms with Crippen molar-refractivity contribution >= 4 is 11.8 Å². The average Bonchev–Trinajstić information content (AvgIpc) is 3.20. The first kappa shape index (κ1) is 24.5. The van der Waals surface area contributed by atoms with E-state index < -0.39 is 5.97 Å². The van der Waals surface area contributed by atoms with Crippen LogP contribution in [0.5, 0.6) is 0 Å². The summed E-state index contributed by atoms with van der Waals surface area (Å²) in [7, 11) is 0. The Labute approximate surface area is 205 Å². The largest absolute Gasteiger partial charge is 0.455 e. The Morgan fingerprint density at radius 2 is 1.76 bits per heavy atom. The molecule has 5 rings (SSSR count). The molecule has 5 fully saturated rings. The Balaban J connectivity index is 1.23. The number of carbonyl (C=O) groups is 2. The second-order valence-corrected chi connectivity index (χ2v) is 12.4. The highest BCUT2D eigenvalue weighted by atomic mass is 16.7. The van der Waals surface area contributed by atoms with Gasteiger partial charge in [0.1, 0.15) is 0 Å². The number of hydrogen-bond acceptors (Lipinski definition) is 5. The minimum Gasteiger partial charge on any atom is -0.455 e. The maximum atomic E-state index is 13.0. The van der Waals surface area contributed by atoms with E-state index in [-0.39, 0.29) is 30.0 Å². The van der Waals surface area contributed by atoms with Gasteiger partial charge in [-0.3, -0.25) is 4.79 Å². The summed E-state index contributed by atoms with van der Waals surface area (Å²) in [5, 5.41) is 0. The first-order chi connectivity index (χ1) is 16.3. The molecule has 1 saturated heterocycles. The fraction of sp³-hybridized carbons (Fsp3) is 0.862. The van der Waals surface area contributed by atoms with Crippen molar-refractivity contribution in [1.82, 2.24) is 0 Å². The number of rotatable bonds is 6. The summed E-state index contributed by atoms with van der Waals surface area (Å²) in [6.45, 7) is 9.13. The van der Waals surface area contributed by atoms with Crippen LogP contribution in [0.1, 0.15) is 90.9 Å². The molecule has 0 radical (unpaired) electrons. The van der Waals surface area contributed by atoms with Crippen LogP contribution >= 0.6 is 0 Å². The predicted molar refractivity (Wildman–Crippen MR) is 130 cm³/mol. The number of carbonyl (C=O) groups excluding carboxylic acids is 2. The molecule has 5 heteroatoms. The first-order valence-electron chi connectivity index (χ1n) is 13.9. The fourth-order valence-corrected chi connectivity index (χ4v) is 9.21. The minimum atomic E-state index is -0.502. The molecule has 0 spiro atoms. The van der Waals surface area contributed by atoms with Gasteiger partial charge in [-0.15, -0.1) is 0 Å². The standard InChI is InChI=1S/C29H44O5/c1-4-26(31)33-18-25(30)24-11-10-22-21-9-8-19-17-20(34-27-7-5-6-16-32-27)12-14-28(19,2)23(21)13-15-29(22,24)3/h4,19-24,27H,1,5-18H2,2-3H3. The number of fused-ring (bicyclic) bond motifs is 5. The molecule has 0 aromatic rings. The lowest BCUT2D eigenvalue weighted by molar-refractivity contribution is -0.212. The zero-order chi connectivity index (χ0) is 23.9. The van der Waals surface area contributed by atoms with Gasteiger partial charge in [-0.2, -0.15) is 0 Å². The number of Topliss-reactive ketones (excluding diaryl/α,β-unsaturated/α-hetero) is 1. The Morgan fingerprint density at radius 1 is 0.971 bits per heavy atom. The lowest BCUT2D eigenvalue weighted by atomic mass is 9.44. The zero-order valence-corrected chi connectivity index (χ0v) is 21.3. The monoisotopic (exact) mass is 472 g/mol. The van der Waals surface area contributed by atoms with Crippen LogP contribution < -0.4 is 0 Å². The van der Waals surface area contributed by atoms with Gasteiger partial charge in [0, 0.05) is 18.6 Å². The molecule has 0 aromatic carbocycles.